The molecule has 1 aliphatic carbocycles. The lowest BCUT2D eigenvalue weighted by atomic mass is 9.79. The summed E-state index contributed by atoms with van der Waals surface area (Å²) in [7, 11) is 0. The predicted molar refractivity (Wildman–Crippen MR) is 123 cm³/mol. The molecule has 29 heavy (non-hydrogen) atoms. The van der Waals surface area contributed by atoms with Gasteiger partial charge in [0.25, 0.3) is 0 Å². The van der Waals surface area contributed by atoms with Gasteiger partial charge in [-0.05, 0) is 78.5 Å². The molecular formula is C28H29F. The highest BCUT2D eigenvalue weighted by atomic mass is 19.1. The number of benzene rings is 3. The van der Waals surface area contributed by atoms with E-state index in [0.717, 1.165) is 29.2 Å². The van der Waals surface area contributed by atoms with Gasteiger partial charge in [0.15, 0.2) is 0 Å². The number of fused-ring (bicyclic) bond motifs is 1. The lowest BCUT2D eigenvalue weighted by Crippen LogP contribution is -2.13. The van der Waals surface area contributed by atoms with Gasteiger partial charge in [-0.1, -0.05) is 67.3 Å². The molecule has 1 saturated carbocycles. The van der Waals surface area contributed by atoms with Crippen LogP contribution in [-0.2, 0) is 6.42 Å². The van der Waals surface area contributed by atoms with Gasteiger partial charge in [-0.3, -0.25) is 0 Å². The molecule has 1 fully saturated rings. The van der Waals surface area contributed by atoms with E-state index in [1.54, 1.807) is 12.1 Å². The normalized spacial score (nSPS) is 19.2. The van der Waals surface area contributed by atoms with Crippen LogP contribution >= 0.6 is 0 Å². The van der Waals surface area contributed by atoms with Crippen molar-refractivity contribution in [1.82, 2.24) is 0 Å². The second-order valence-electron chi connectivity index (χ2n) is 8.36. The summed E-state index contributed by atoms with van der Waals surface area (Å²) in [6, 6.07) is 18.6. The molecular weight excluding hydrogens is 355 g/mol. The molecule has 0 amide bonds. The first-order valence-corrected chi connectivity index (χ1v) is 10.7. The second kappa shape index (κ2) is 8.78. The molecule has 0 spiro atoms. The fourth-order valence-corrected chi connectivity index (χ4v) is 4.59. The van der Waals surface area contributed by atoms with Crippen molar-refractivity contribution < 1.29 is 4.39 Å². The zero-order valence-electron chi connectivity index (χ0n) is 17.0. The topological polar surface area (TPSA) is 0 Å². The molecule has 0 N–H and O–H groups in total. The lowest BCUT2D eigenvalue weighted by molar-refractivity contribution is 0.296. The summed E-state index contributed by atoms with van der Waals surface area (Å²) in [5.74, 6) is 1.41. The molecule has 0 bridgehead atoms. The van der Waals surface area contributed by atoms with E-state index in [1.807, 2.05) is 18.2 Å². The Labute approximate surface area is 173 Å². The molecule has 0 heterocycles. The number of aryl methyl sites for hydroxylation is 1. The molecule has 0 aliphatic heterocycles. The van der Waals surface area contributed by atoms with Crippen molar-refractivity contribution in [2.75, 3.05) is 0 Å². The fourth-order valence-electron chi connectivity index (χ4n) is 4.59. The maximum Gasteiger partial charge on any atom is 0.138 e. The van der Waals surface area contributed by atoms with Gasteiger partial charge >= 0.3 is 0 Å². The van der Waals surface area contributed by atoms with Crippen LogP contribution in [-0.4, -0.2) is 0 Å². The largest absolute Gasteiger partial charge is 0.206 e. The highest BCUT2D eigenvalue weighted by Gasteiger charge is 2.18. The van der Waals surface area contributed by atoms with Crippen molar-refractivity contribution in [3.8, 4) is 11.1 Å². The van der Waals surface area contributed by atoms with Gasteiger partial charge in [0.1, 0.15) is 5.82 Å². The minimum Gasteiger partial charge on any atom is -0.206 e. The van der Waals surface area contributed by atoms with Gasteiger partial charge in [-0.25, -0.2) is 4.39 Å². The number of hydrogen-bond donors (Lipinski definition) is 0. The first-order chi connectivity index (χ1) is 14.2. The Morgan fingerprint density at radius 3 is 2.28 bits per heavy atom. The number of hydrogen-bond acceptors (Lipinski definition) is 0. The highest BCUT2D eigenvalue weighted by Crippen LogP contribution is 2.32. The van der Waals surface area contributed by atoms with Crippen LogP contribution in [0.2, 0.25) is 0 Å². The molecule has 0 aromatic heterocycles. The van der Waals surface area contributed by atoms with Crippen molar-refractivity contribution in [3.63, 3.8) is 0 Å². The molecule has 0 nitrogen and oxygen atoms in total. The van der Waals surface area contributed by atoms with E-state index in [1.165, 1.54) is 43.2 Å². The van der Waals surface area contributed by atoms with E-state index in [4.69, 9.17) is 0 Å². The molecule has 148 valence electrons. The molecule has 0 unspecified atom stereocenters. The van der Waals surface area contributed by atoms with Crippen molar-refractivity contribution in [1.29, 1.82) is 0 Å². The van der Waals surface area contributed by atoms with Crippen LogP contribution in [0.15, 0.2) is 73.8 Å². The molecule has 3 aromatic rings. The van der Waals surface area contributed by atoms with Crippen molar-refractivity contribution in [3.05, 3.63) is 90.8 Å². The third-order valence-corrected chi connectivity index (χ3v) is 6.56. The third-order valence-electron chi connectivity index (χ3n) is 6.56. The highest BCUT2D eigenvalue weighted by molar-refractivity contribution is 5.89. The molecule has 0 atom stereocenters. The number of rotatable bonds is 6. The first kappa shape index (κ1) is 19.6. The monoisotopic (exact) mass is 384 g/mol. The smallest absolute Gasteiger partial charge is 0.138 e. The fraction of sp³-hybridized carbons (Fsp3) is 0.286. The minimum atomic E-state index is -0.193. The van der Waals surface area contributed by atoms with Crippen molar-refractivity contribution in [2.24, 2.45) is 11.8 Å². The zero-order valence-corrected chi connectivity index (χ0v) is 17.0. The summed E-state index contributed by atoms with van der Waals surface area (Å²) >= 11 is 0. The number of halogens is 1. The zero-order chi connectivity index (χ0) is 20.2. The van der Waals surface area contributed by atoms with Crippen molar-refractivity contribution >= 4 is 16.8 Å². The van der Waals surface area contributed by atoms with Crippen LogP contribution < -0.4 is 0 Å². The molecule has 4 rings (SSSR count). The van der Waals surface area contributed by atoms with E-state index >= 15 is 0 Å². The molecule has 1 aliphatic rings. The van der Waals surface area contributed by atoms with E-state index in [9.17, 15) is 4.39 Å². The maximum absolute atomic E-state index is 14.5. The van der Waals surface area contributed by atoms with Gasteiger partial charge in [0, 0.05) is 10.9 Å². The van der Waals surface area contributed by atoms with Gasteiger partial charge in [0.2, 0.25) is 0 Å². The third kappa shape index (κ3) is 4.34. The van der Waals surface area contributed by atoms with E-state index < -0.39 is 0 Å². The standard InChI is InChI=1S/C28H29F/c1-3-20-5-7-21(8-6-20)9-10-22-11-13-24(14-12-22)25-17-18-27-26(19-25)16-15-23(4-2)28(27)29/h3-4,11-21H,1-2,5-10H2. The quantitative estimate of drug-likeness (QED) is 0.376. The SMILES string of the molecule is C=Cc1ccc2cc(-c3ccc(CCC4CCC(C=C)CC4)cc3)ccc2c1F. The molecule has 1 heteroatoms. The lowest BCUT2D eigenvalue weighted by Gasteiger charge is -2.26. The Hall–Kier alpha value is -2.67. The Morgan fingerprint density at radius 1 is 0.862 bits per heavy atom. The van der Waals surface area contributed by atoms with Crippen LogP contribution in [0.1, 0.15) is 43.2 Å². The van der Waals surface area contributed by atoms with Gasteiger partial charge in [-0.2, -0.15) is 0 Å². The number of allylic oxidation sites excluding steroid dienone is 1. The van der Waals surface area contributed by atoms with Crippen LogP contribution in [0.4, 0.5) is 4.39 Å². The summed E-state index contributed by atoms with van der Waals surface area (Å²) in [5.41, 5.74) is 4.25. The Morgan fingerprint density at radius 2 is 1.59 bits per heavy atom. The summed E-state index contributed by atoms with van der Waals surface area (Å²) in [4.78, 5) is 0. The Balaban J connectivity index is 1.43. The molecule has 0 radical (unpaired) electrons. The van der Waals surface area contributed by atoms with Gasteiger partial charge < -0.3 is 0 Å². The summed E-state index contributed by atoms with van der Waals surface area (Å²) in [6.07, 6.45) is 11.4. The van der Waals surface area contributed by atoms with Crippen molar-refractivity contribution in [2.45, 2.75) is 38.5 Å². The first-order valence-electron chi connectivity index (χ1n) is 10.7. The van der Waals surface area contributed by atoms with E-state index in [0.29, 0.717) is 10.9 Å². The Kier molecular flexibility index (Phi) is 5.94. The Bertz CT molecular complexity index is 1000. The van der Waals surface area contributed by atoms with Crippen LogP contribution in [0, 0.1) is 17.7 Å². The predicted octanol–water partition coefficient (Wildman–Crippen LogP) is 8.21. The van der Waals surface area contributed by atoms with Crippen LogP contribution in [0.25, 0.3) is 28.0 Å². The second-order valence-corrected chi connectivity index (χ2v) is 8.36. The van der Waals surface area contributed by atoms with E-state index in [-0.39, 0.29) is 5.82 Å². The minimum absolute atomic E-state index is 0.193. The average Bonchev–Trinajstić information content (AvgIpc) is 2.78. The van der Waals surface area contributed by atoms with E-state index in [2.05, 4.69) is 49.6 Å². The van der Waals surface area contributed by atoms with Gasteiger partial charge in [-0.15, -0.1) is 6.58 Å². The molecule has 0 saturated heterocycles. The molecule has 3 aromatic carbocycles. The average molecular weight is 385 g/mol. The summed E-state index contributed by atoms with van der Waals surface area (Å²) < 4.78 is 14.5. The maximum atomic E-state index is 14.5. The van der Waals surface area contributed by atoms with Gasteiger partial charge in [0.05, 0.1) is 0 Å². The summed E-state index contributed by atoms with van der Waals surface area (Å²) in [5, 5.41) is 1.57. The van der Waals surface area contributed by atoms with Crippen LogP contribution in [0.3, 0.4) is 0 Å². The summed E-state index contributed by atoms with van der Waals surface area (Å²) in [6.45, 7) is 7.62. The van der Waals surface area contributed by atoms with Crippen LogP contribution in [0.5, 0.6) is 0 Å².